The first-order valence-corrected chi connectivity index (χ1v) is 46.5. The molecule has 142 heavy (non-hydrogen) atoms. The van der Waals surface area contributed by atoms with Gasteiger partial charge in [0.15, 0.2) is 57.5 Å². The molecular weight excluding hydrogens is 1940 g/mol. The van der Waals surface area contributed by atoms with E-state index in [4.69, 9.17) is 47.4 Å². The summed E-state index contributed by atoms with van der Waals surface area (Å²) in [6, 6.07) is 68.9. The van der Waals surface area contributed by atoms with Crippen LogP contribution in [-0.2, 0) is 36.3 Å². The van der Waals surface area contributed by atoms with Crippen molar-refractivity contribution in [3.63, 3.8) is 0 Å². The molecule has 25 nitrogen and oxygen atoms in total. The van der Waals surface area contributed by atoms with Crippen LogP contribution in [0.1, 0.15) is 81.1 Å². The maximum Gasteiger partial charge on any atom is 0.419 e. The smallest absolute Gasteiger partial charge is 0.419 e. The van der Waals surface area contributed by atoms with Crippen molar-refractivity contribution in [2.75, 3.05) is 35.0 Å². The van der Waals surface area contributed by atoms with Crippen molar-refractivity contribution in [1.29, 1.82) is 0 Å². The number of aryl methyl sites for hydroxylation is 5. The Kier molecular flexibility index (Phi) is 33.6. The number of halogens is 6. The molecule has 5 saturated heterocycles. The number of hydrogen-bond donors (Lipinski definition) is 5. The highest BCUT2D eigenvalue weighted by Crippen LogP contribution is 2.47. The lowest BCUT2D eigenvalue weighted by Crippen LogP contribution is -2.17. The van der Waals surface area contributed by atoms with E-state index in [1.54, 1.807) is 88.8 Å². The number of carbonyl (C=O) groups is 10. The highest BCUT2D eigenvalue weighted by Gasteiger charge is 2.38. The second-order valence-electron chi connectivity index (χ2n) is 30.8. The number of amides is 10. The van der Waals surface area contributed by atoms with Crippen molar-refractivity contribution < 1.29 is 122 Å². The summed E-state index contributed by atoms with van der Waals surface area (Å²) in [7, 11) is 5.82. The predicted octanol–water partition coefficient (Wildman–Crippen LogP) is 27.1. The van der Waals surface area contributed by atoms with Gasteiger partial charge in [-0.25, -0.2) is 0 Å². The normalized spacial score (nSPS) is 15.2. The maximum absolute atomic E-state index is 13.3. The minimum atomic E-state index is -4.57. The van der Waals surface area contributed by atoms with Crippen LogP contribution in [0.15, 0.2) is 261 Å². The molecule has 0 saturated carbocycles. The van der Waals surface area contributed by atoms with Gasteiger partial charge in [-0.2, -0.15) is 26.3 Å². The lowest BCUT2D eigenvalue weighted by atomic mass is 10.0. The monoisotopic (exact) mass is 2020 g/mol. The van der Waals surface area contributed by atoms with E-state index >= 15 is 0 Å². The van der Waals surface area contributed by atoms with Crippen LogP contribution in [0.5, 0.6) is 86.2 Å². The van der Waals surface area contributed by atoms with Crippen molar-refractivity contribution in [2.24, 2.45) is 0 Å². The fourth-order valence-corrected chi connectivity index (χ4v) is 17.7. The summed E-state index contributed by atoms with van der Waals surface area (Å²) in [6.07, 6.45) is -1.22. The molecule has 5 aliphatic rings. The summed E-state index contributed by atoms with van der Waals surface area (Å²) >= 11 is 4.17. The Morgan fingerprint density at radius 1 is 0.261 bits per heavy atom. The van der Waals surface area contributed by atoms with Crippen LogP contribution in [0.3, 0.4) is 0 Å². The molecule has 0 atom stereocenters. The number of carbonyl (C=O) groups excluding carboxylic acids is 10. The summed E-state index contributed by atoms with van der Waals surface area (Å²) in [4.78, 5) is 116. The molecule has 0 aliphatic carbocycles. The van der Waals surface area contributed by atoms with Crippen molar-refractivity contribution in [2.45, 2.75) is 61.3 Å². The van der Waals surface area contributed by atoms with Crippen molar-refractivity contribution in [3.05, 3.63) is 328 Å². The Bertz CT molecular complexity index is 7070. The summed E-state index contributed by atoms with van der Waals surface area (Å²) in [5.41, 5.74) is 5.95. The van der Waals surface area contributed by atoms with Gasteiger partial charge in [-0.05, 0) is 295 Å². The molecule has 0 radical (unpaired) electrons. The van der Waals surface area contributed by atoms with Crippen molar-refractivity contribution in [1.82, 2.24) is 26.6 Å². The second kappa shape index (κ2) is 46.0. The third-order valence-corrected chi connectivity index (χ3v) is 25.1. The van der Waals surface area contributed by atoms with Gasteiger partial charge in [-0.3, -0.25) is 74.5 Å². The third kappa shape index (κ3) is 25.9. The number of fused-ring (bicyclic) bond motifs is 3. The molecule has 18 rings (SSSR count). The largest absolute Gasteiger partial charge is 0.493 e. The van der Waals surface area contributed by atoms with E-state index in [0.29, 0.717) is 78.1 Å². The van der Waals surface area contributed by atoms with Gasteiger partial charge >= 0.3 is 12.4 Å². The quantitative estimate of drug-likeness (QED) is 0.0330. The number of nitrogens with one attached hydrogen (secondary N) is 5. The van der Waals surface area contributed by atoms with Gasteiger partial charge in [-0.1, -0.05) is 152 Å². The number of thioether (sulfide) groups is 5. The van der Waals surface area contributed by atoms with Gasteiger partial charge < -0.3 is 47.4 Å². The first-order chi connectivity index (χ1) is 67.5. The van der Waals surface area contributed by atoms with Crippen LogP contribution in [0.4, 0.5) is 50.3 Å². The number of methoxy groups -OCH3 is 4. The number of alkyl halides is 6. The number of ether oxygens (including phenoxy) is 10. The Labute approximate surface area is 830 Å². The molecule has 5 fully saturated rings. The van der Waals surface area contributed by atoms with E-state index in [9.17, 15) is 74.3 Å². The van der Waals surface area contributed by atoms with Gasteiger partial charge in [-0.15, -0.1) is 0 Å². The average Bonchev–Trinajstić information content (AvgIpc) is 1.40. The van der Waals surface area contributed by atoms with Crippen LogP contribution >= 0.6 is 58.8 Å². The molecular formula is C106H85F6N5O20S5. The van der Waals surface area contributed by atoms with E-state index in [1.807, 2.05) is 122 Å². The number of imide groups is 5. The zero-order valence-corrected chi connectivity index (χ0v) is 80.2. The van der Waals surface area contributed by atoms with Crippen LogP contribution < -0.4 is 74.0 Å². The minimum absolute atomic E-state index is 0. The fraction of sp³-hybridized carbons (Fsp3) is 0.132. The number of benzene rings is 13. The molecule has 726 valence electrons. The third-order valence-electron chi connectivity index (χ3n) is 21.0. The van der Waals surface area contributed by atoms with Gasteiger partial charge in [0.2, 0.25) is 0 Å². The average molecular weight is 2020 g/mol. The summed E-state index contributed by atoms with van der Waals surface area (Å²) in [5, 5.41) is 15.5. The summed E-state index contributed by atoms with van der Waals surface area (Å²) in [6.45, 7) is 11.7. The SMILES string of the molecule is C.CCOc1cc(/C=C2\SC(=O)NC2=O)ccc1Oc1ccc(C)c2ccccc12.COc1cc(/C=C2\SC(=O)NC2=O)ccc1Oc1ccc(C)c2ccccc12.COc1cc(/C=C2\SC(=O)NC2=O)ccc1Oc1ccc(C)c2ccccc12.COc1cc(/C=C2\SC(=O)NC2=O)ccc1Oc1ccc(C)cc1C(F)(F)F.COc1cc(/C=C2\SC(=O)NC2=O)ccc1Oc1ccc(C)cc1C(F)(F)F. The van der Waals surface area contributed by atoms with Crippen LogP contribution in [0, 0.1) is 34.6 Å². The first kappa shape index (κ1) is 104. The van der Waals surface area contributed by atoms with Crippen LogP contribution in [0.25, 0.3) is 62.7 Å². The van der Waals surface area contributed by atoms with Crippen molar-refractivity contribution in [3.8, 4) is 86.2 Å². The molecule has 13 aromatic carbocycles. The molecule has 13 aromatic rings. The molecule has 0 bridgehead atoms. The topological polar surface area (TPSA) is 323 Å². The van der Waals surface area contributed by atoms with Gasteiger partial charge in [0, 0.05) is 16.2 Å². The lowest BCUT2D eigenvalue weighted by molar-refractivity contribution is -0.139. The van der Waals surface area contributed by atoms with Gasteiger partial charge in [0.1, 0.15) is 28.7 Å². The first-order valence-electron chi connectivity index (χ1n) is 42.4. The number of hydrogen-bond acceptors (Lipinski definition) is 25. The van der Waals surface area contributed by atoms with E-state index in [0.717, 1.165) is 137 Å². The molecule has 0 spiro atoms. The standard InChI is InChI=1S/C23H19NO4S.2C22H17NO4S.2C19H14F3NO4S.CH4/c1-3-27-20-12-15(13-21-22(25)24-23(26)29-21)9-11-19(20)28-18-10-8-14(2)16-6-4-5-7-17(16)18;2*1-13-7-9-17(16-6-4-3-5-15(13)16)27-18-10-8-14(11-19(18)26-2)12-20-21(24)23-22(25)28-20;2*1-10-3-5-13(12(7-10)19(20,21)22)27-14-6-4-11(8-15(14)26-2)9-16-17(24)23-18(25)28-16;/h4-13H,3H2,1-2H3,(H,24,25,26);2*3-12H,1-2H3,(H,23,24,25);2*3-9H,1-2H3,(H,23,24,25);1H4/b21-13-;2*20-12-;2*16-9-;. The van der Waals surface area contributed by atoms with Gasteiger partial charge in [0.25, 0.3) is 55.7 Å². The van der Waals surface area contributed by atoms with E-state index in [1.165, 1.54) is 91.6 Å². The Morgan fingerprint density at radius 3 is 0.690 bits per heavy atom. The second-order valence-corrected chi connectivity index (χ2v) is 35.9. The van der Waals surface area contributed by atoms with Crippen LogP contribution in [0.2, 0.25) is 0 Å². The van der Waals surface area contributed by atoms with Crippen LogP contribution in [-0.4, -0.2) is 90.8 Å². The summed E-state index contributed by atoms with van der Waals surface area (Å²) in [5.74, 6) is 3.23. The van der Waals surface area contributed by atoms with E-state index in [-0.39, 0.29) is 85.2 Å². The highest BCUT2D eigenvalue weighted by molar-refractivity contribution is 8.19. The minimum Gasteiger partial charge on any atom is -0.493 e. The zero-order valence-electron chi connectivity index (χ0n) is 76.1. The predicted molar refractivity (Wildman–Crippen MR) is 541 cm³/mol. The molecule has 5 heterocycles. The Morgan fingerprint density at radius 2 is 0.472 bits per heavy atom. The van der Waals surface area contributed by atoms with E-state index < -0.39 is 45.8 Å². The molecule has 5 N–H and O–H groups in total. The number of rotatable bonds is 21. The van der Waals surface area contributed by atoms with Gasteiger partial charge in [0.05, 0.1) is 70.7 Å². The fourth-order valence-electron chi connectivity index (χ4n) is 14.3. The molecule has 0 unspecified atom stereocenters. The highest BCUT2D eigenvalue weighted by atomic mass is 32.2. The Hall–Kier alpha value is -15.6. The van der Waals surface area contributed by atoms with Crippen molar-refractivity contribution >= 4 is 177 Å². The molecule has 10 amide bonds. The Balaban J connectivity index is 0.000000149. The maximum atomic E-state index is 13.3. The molecule has 36 heteroatoms. The van der Waals surface area contributed by atoms with E-state index in [2.05, 4.69) is 65.6 Å². The molecule has 0 aromatic heterocycles. The summed E-state index contributed by atoms with van der Waals surface area (Å²) < 4.78 is 136. The molecule has 5 aliphatic heterocycles. The lowest BCUT2D eigenvalue weighted by Gasteiger charge is -2.16. The zero-order chi connectivity index (χ0) is 101.